The summed E-state index contributed by atoms with van der Waals surface area (Å²) in [6, 6.07) is 0. The molecule has 1 N–H and O–H groups in total. The van der Waals surface area contributed by atoms with Crippen molar-refractivity contribution in [2.75, 3.05) is 6.61 Å². The van der Waals surface area contributed by atoms with Gasteiger partial charge in [-0.05, 0) is 37.0 Å². The van der Waals surface area contributed by atoms with Crippen LogP contribution in [0.1, 0.15) is 32.1 Å². The topological polar surface area (TPSA) is 37.3 Å². The number of carbonyl (C=O) groups excluding carboxylic acids is 1. The fraction of sp³-hybridized carbons (Fsp3) is 0.900. The molecule has 2 aliphatic rings. The normalized spacial score (nSPS) is 40.4. The van der Waals surface area contributed by atoms with Gasteiger partial charge in [0.05, 0.1) is 0 Å². The Hall–Kier alpha value is -0.370. The van der Waals surface area contributed by atoms with Gasteiger partial charge in [0.2, 0.25) is 0 Å². The van der Waals surface area contributed by atoms with Crippen molar-refractivity contribution in [2.45, 2.75) is 32.1 Å². The van der Waals surface area contributed by atoms with Crippen molar-refractivity contribution in [3.05, 3.63) is 0 Å². The van der Waals surface area contributed by atoms with Crippen molar-refractivity contribution in [1.29, 1.82) is 0 Å². The van der Waals surface area contributed by atoms with Crippen molar-refractivity contribution in [3.63, 3.8) is 0 Å². The SMILES string of the molecule is O=C1CC2CC(CCO)C(C1)C2. The molecule has 0 aromatic heterocycles. The number of fused-ring (bicyclic) bond motifs is 2. The number of Topliss-reactive ketones (excluding diaryl/α,β-unsaturated/α-hetero) is 1. The van der Waals surface area contributed by atoms with Crippen LogP contribution in [0.3, 0.4) is 0 Å². The molecule has 0 spiro atoms. The third-order valence-corrected chi connectivity index (χ3v) is 3.44. The average molecular weight is 168 g/mol. The highest BCUT2D eigenvalue weighted by Crippen LogP contribution is 2.45. The van der Waals surface area contributed by atoms with Gasteiger partial charge in [-0.2, -0.15) is 0 Å². The summed E-state index contributed by atoms with van der Waals surface area (Å²) in [5, 5.41) is 8.83. The van der Waals surface area contributed by atoms with E-state index in [-0.39, 0.29) is 0 Å². The fourth-order valence-corrected chi connectivity index (χ4v) is 2.97. The Labute approximate surface area is 73.0 Å². The van der Waals surface area contributed by atoms with E-state index in [2.05, 4.69) is 0 Å². The molecule has 0 radical (unpaired) electrons. The summed E-state index contributed by atoms with van der Waals surface area (Å²) >= 11 is 0. The zero-order valence-electron chi connectivity index (χ0n) is 7.33. The second-order valence-electron chi connectivity index (χ2n) is 4.32. The van der Waals surface area contributed by atoms with Crippen LogP contribution in [0.5, 0.6) is 0 Å². The number of hydrogen-bond acceptors (Lipinski definition) is 2. The van der Waals surface area contributed by atoms with Gasteiger partial charge in [-0.1, -0.05) is 0 Å². The number of ketones is 1. The first-order chi connectivity index (χ1) is 5.79. The van der Waals surface area contributed by atoms with Crippen LogP contribution in [0.15, 0.2) is 0 Å². The molecule has 2 heteroatoms. The van der Waals surface area contributed by atoms with Gasteiger partial charge in [0.15, 0.2) is 0 Å². The van der Waals surface area contributed by atoms with Crippen LogP contribution < -0.4 is 0 Å². The molecule has 0 aliphatic heterocycles. The molecule has 12 heavy (non-hydrogen) atoms. The predicted molar refractivity (Wildman–Crippen MR) is 45.6 cm³/mol. The summed E-state index contributed by atoms with van der Waals surface area (Å²) in [7, 11) is 0. The minimum atomic E-state index is 0.294. The molecule has 68 valence electrons. The van der Waals surface area contributed by atoms with Crippen LogP contribution >= 0.6 is 0 Å². The van der Waals surface area contributed by atoms with Crippen LogP contribution in [0.25, 0.3) is 0 Å². The van der Waals surface area contributed by atoms with Crippen molar-refractivity contribution in [1.82, 2.24) is 0 Å². The van der Waals surface area contributed by atoms with Crippen LogP contribution in [-0.4, -0.2) is 17.5 Å². The van der Waals surface area contributed by atoms with Gasteiger partial charge >= 0.3 is 0 Å². The number of rotatable bonds is 2. The van der Waals surface area contributed by atoms with Gasteiger partial charge in [-0.3, -0.25) is 4.79 Å². The van der Waals surface area contributed by atoms with E-state index in [1.165, 1.54) is 12.8 Å². The number of aliphatic hydroxyl groups is 1. The largest absolute Gasteiger partial charge is 0.396 e. The molecule has 2 fully saturated rings. The van der Waals surface area contributed by atoms with E-state index >= 15 is 0 Å². The zero-order chi connectivity index (χ0) is 8.55. The number of hydrogen-bond donors (Lipinski definition) is 1. The predicted octanol–water partition coefficient (Wildman–Crippen LogP) is 1.37. The van der Waals surface area contributed by atoms with E-state index in [9.17, 15) is 4.79 Å². The zero-order valence-corrected chi connectivity index (χ0v) is 7.33. The van der Waals surface area contributed by atoms with Crippen molar-refractivity contribution < 1.29 is 9.90 Å². The summed E-state index contributed by atoms with van der Waals surface area (Å²) in [6.07, 6.45) is 4.96. The highest BCUT2D eigenvalue weighted by Gasteiger charge is 2.39. The third-order valence-electron chi connectivity index (χ3n) is 3.44. The molecule has 2 nitrogen and oxygen atoms in total. The summed E-state index contributed by atoms with van der Waals surface area (Å²) in [6.45, 7) is 0.294. The van der Waals surface area contributed by atoms with E-state index in [0.717, 1.165) is 19.3 Å². The highest BCUT2D eigenvalue weighted by atomic mass is 16.3. The molecule has 3 unspecified atom stereocenters. The van der Waals surface area contributed by atoms with Crippen molar-refractivity contribution >= 4 is 5.78 Å². The molecule has 2 rings (SSSR count). The first-order valence-electron chi connectivity index (χ1n) is 4.92. The standard InChI is InChI=1S/C10H16O2/c11-2-1-8-3-7-4-9(8)6-10(12)5-7/h7-9,11H,1-6H2. The Morgan fingerprint density at radius 2 is 2.17 bits per heavy atom. The van der Waals surface area contributed by atoms with E-state index in [4.69, 9.17) is 5.11 Å². The van der Waals surface area contributed by atoms with E-state index in [1.807, 2.05) is 0 Å². The van der Waals surface area contributed by atoms with Crippen molar-refractivity contribution in [2.24, 2.45) is 17.8 Å². The molecular formula is C10H16O2. The first kappa shape index (κ1) is 8.24. The Balaban J connectivity index is 1.99. The lowest BCUT2D eigenvalue weighted by molar-refractivity contribution is -0.122. The van der Waals surface area contributed by atoms with Gasteiger partial charge in [-0.25, -0.2) is 0 Å². The Bertz CT molecular complexity index is 188. The fourth-order valence-electron chi connectivity index (χ4n) is 2.97. The lowest BCUT2D eigenvalue weighted by Gasteiger charge is -2.19. The molecule has 2 bridgehead atoms. The first-order valence-corrected chi connectivity index (χ1v) is 4.92. The molecule has 0 saturated heterocycles. The number of carbonyl (C=O) groups is 1. The molecule has 0 heterocycles. The van der Waals surface area contributed by atoms with Crippen LogP contribution in [-0.2, 0) is 4.79 Å². The van der Waals surface area contributed by atoms with Gasteiger partial charge in [0.25, 0.3) is 0 Å². The second kappa shape index (κ2) is 3.17. The quantitative estimate of drug-likeness (QED) is 0.676. The molecule has 0 amide bonds. The lowest BCUT2D eigenvalue weighted by atomic mass is 9.85. The minimum absolute atomic E-state index is 0.294. The van der Waals surface area contributed by atoms with Gasteiger partial charge < -0.3 is 5.11 Å². The molecule has 0 aromatic rings. The maximum Gasteiger partial charge on any atom is 0.133 e. The van der Waals surface area contributed by atoms with E-state index < -0.39 is 0 Å². The Morgan fingerprint density at radius 1 is 1.33 bits per heavy atom. The van der Waals surface area contributed by atoms with Crippen LogP contribution in [0.2, 0.25) is 0 Å². The van der Waals surface area contributed by atoms with E-state index in [0.29, 0.717) is 30.1 Å². The Kier molecular flexibility index (Phi) is 2.18. The van der Waals surface area contributed by atoms with E-state index in [1.54, 1.807) is 0 Å². The van der Waals surface area contributed by atoms with Crippen molar-refractivity contribution in [3.8, 4) is 0 Å². The molecular weight excluding hydrogens is 152 g/mol. The third kappa shape index (κ3) is 1.40. The summed E-state index contributed by atoms with van der Waals surface area (Å²) in [4.78, 5) is 11.2. The minimum Gasteiger partial charge on any atom is -0.396 e. The smallest absolute Gasteiger partial charge is 0.133 e. The molecule has 2 aliphatic carbocycles. The summed E-state index contributed by atoms with van der Waals surface area (Å²) in [5.41, 5.74) is 0. The second-order valence-corrected chi connectivity index (χ2v) is 4.32. The lowest BCUT2D eigenvalue weighted by Crippen LogP contribution is -2.17. The summed E-state index contributed by atoms with van der Waals surface area (Å²) < 4.78 is 0. The van der Waals surface area contributed by atoms with Gasteiger partial charge in [-0.15, -0.1) is 0 Å². The van der Waals surface area contributed by atoms with Crippen LogP contribution in [0.4, 0.5) is 0 Å². The maximum atomic E-state index is 11.2. The summed E-state index contributed by atoms with van der Waals surface area (Å²) in [5.74, 6) is 2.37. The monoisotopic (exact) mass is 168 g/mol. The maximum absolute atomic E-state index is 11.2. The highest BCUT2D eigenvalue weighted by molar-refractivity contribution is 5.80. The van der Waals surface area contributed by atoms with Gasteiger partial charge in [0.1, 0.15) is 5.78 Å². The molecule has 0 aromatic carbocycles. The Morgan fingerprint density at radius 3 is 2.92 bits per heavy atom. The number of aliphatic hydroxyl groups excluding tert-OH is 1. The average Bonchev–Trinajstić information content (AvgIpc) is 2.28. The van der Waals surface area contributed by atoms with Crippen LogP contribution in [0, 0.1) is 17.8 Å². The molecule has 2 saturated carbocycles. The molecule has 3 atom stereocenters. The van der Waals surface area contributed by atoms with Gasteiger partial charge in [0, 0.05) is 19.4 Å².